The van der Waals surface area contributed by atoms with Crippen molar-refractivity contribution in [1.82, 2.24) is 0 Å². The molecule has 7 heteroatoms. The van der Waals surface area contributed by atoms with Crippen molar-refractivity contribution in [3.63, 3.8) is 0 Å². The van der Waals surface area contributed by atoms with E-state index in [2.05, 4.69) is 4.18 Å². The van der Waals surface area contributed by atoms with E-state index in [1.807, 2.05) is 6.92 Å². The lowest BCUT2D eigenvalue weighted by atomic mass is 9.87. The van der Waals surface area contributed by atoms with E-state index in [-0.39, 0.29) is 5.41 Å². The van der Waals surface area contributed by atoms with Crippen LogP contribution in [0.4, 0.5) is 13.2 Å². The zero-order chi connectivity index (χ0) is 12.2. The number of rotatable bonds is 2. The van der Waals surface area contributed by atoms with Gasteiger partial charge >= 0.3 is 15.6 Å². The van der Waals surface area contributed by atoms with Crippen molar-refractivity contribution in [2.75, 3.05) is 0 Å². The molecular formula is C9H13F3O3S. The van der Waals surface area contributed by atoms with Crippen molar-refractivity contribution in [1.29, 1.82) is 0 Å². The fraction of sp³-hybridized carbons (Fsp3) is 1.00. The van der Waals surface area contributed by atoms with Crippen molar-refractivity contribution in [2.24, 2.45) is 5.41 Å². The summed E-state index contributed by atoms with van der Waals surface area (Å²) in [7, 11) is -5.45. The quantitative estimate of drug-likeness (QED) is 0.564. The predicted molar refractivity (Wildman–Crippen MR) is 50.0 cm³/mol. The van der Waals surface area contributed by atoms with Gasteiger partial charge in [0, 0.05) is 0 Å². The maximum absolute atomic E-state index is 12.2. The zero-order valence-corrected chi connectivity index (χ0v) is 9.62. The summed E-state index contributed by atoms with van der Waals surface area (Å²) in [4.78, 5) is 0. The van der Waals surface area contributed by atoms with Crippen molar-refractivity contribution in [3.8, 4) is 0 Å². The van der Waals surface area contributed by atoms with Crippen molar-refractivity contribution in [3.05, 3.63) is 0 Å². The molecule has 94 valence electrons. The Hall–Kier alpha value is -0.300. The maximum Gasteiger partial charge on any atom is 0.523 e. The summed E-state index contributed by atoms with van der Waals surface area (Å²) in [5, 5.41) is 0. The molecule has 0 atom stereocenters. The molecule has 16 heavy (non-hydrogen) atoms. The van der Waals surface area contributed by atoms with Crippen molar-refractivity contribution in [2.45, 2.75) is 50.1 Å². The molecule has 0 spiro atoms. The highest BCUT2D eigenvalue weighted by Crippen LogP contribution is 2.58. The Kier molecular flexibility index (Phi) is 2.38. The average molecular weight is 258 g/mol. The van der Waals surface area contributed by atoms with Crippen LogP contribution in [0.5, 0.6) is 0 Å². The van der Waals surface area contributed by atoms with E-state index < -0.39 is 21.2 Å². The van der Waals surface area contributed by atoms with Gasteiger partial charge in [-0.05, 0) is 37.5 Å². The van der Waals surface area contributed by atoms with Crippen LogP contribution in [0, 0.1) is 5.41 Å². The van der Waals surface area contributed by atoms with Gasteiger partial charge in [0.05, 0.1) is 5.60 Å². The van der Waals surface area contributed by atoms with E-state index >= 15 is 0 Å². The van der Waals surface area contributed by atoms with Gasteiger partial charge in [-0.2, -0.15) is 21.6 Å². The van der Waals surface area contributed by atoms with Gasteiger partial charge in [-0.3, -0.25) is 4.18 Å². The highest BCUT2D eigenvalue weighted by molar-refractivity contribution is 7.87. The fourth-order valence-corrected chi connectivity index (χ4v) is 3.62. The highest BCUT2D eigenvalue weighted by Gasteiger charge is 2.59. The predicted octanol–water partition coefficient (Wildman–Crippen LogP) is 2.58. The van der Waals surface area contributed by atoms with Crippen LogP contribution >= 0.6 is 0 Å². The van der Waals surface area contributed by atoms with Crippen LogP contribution in [0.25, 0.3) is 0 Å². The van der Waals surface area contributed by atoms with Gasteiger partial charge in [0.2, 0.25) is 0 Å². The zero-order valence-electron chi connectivity index (χ0n) is 8.80. The molecule has 0 aliphatic heterocycles. The van der Waals surface area contributed by atoms with Crippen LogP contribution in [0.2, 0.25) is 0 Å². The molecule has 2 bridgehead atoms. The van der Waals surface area contributed by atoms with Gasteiger partial charge < -0.3 is 0 Å². The van der Waals surface area contributed by atoms with E-state index in [4.69, 9.17) is 0 Å². The fourth-order valence-electron chi connectivity index (χ4n) is 2.83. The molecule has 0 heterocycles. The summed E-state index contributed by atoms with van der Waals surface area (Å²) in [6.45, 7) is 1.96. The summed E-state index contributed by atoms with van der Waals surface area (Å²) in [6, 6.07) is 0. The summed E-state index contributed by atoms with van der Waals surface area (Å²) in [5.41, 5.74) is -6.45. The topological polar surface area (TPSA) is 43.4 Å². The molecule has 0 aromatic rings. The molecule has 0 radical (unpaired) electrons. The van der Waals surface area contributed by atoms with E-state index in [9.17, 15) is 21.6 Å². The number of fused-ring (bicyclic) bond motifs is 2. The molecule has 2 saturated carbocycles. The Morgan fingerprint density at radius 3 is 1.94 bits per heavy atom. The van der Waals surface area contributed by atoms with Crippen molar-refractivity contribution >= 4 is 10.1 Å². The molecule has 2 fully saturated rings. The minimum absolute atomic E-state index is 0.0406. The molecule has 2 aliphatic carbocycles. The Balaban J connectivity index is 2.18. The molecule has 0 aromatic carbocycles. The number of alkyl halides is 3. The normalized spacial score (nSPS) is 39.2. The van der Waals surface area contributed by atoms with Gasteiger partial charge in [-0.15, -0.1) is 0 Å². The standard InChI is InChI=1S/C9H13F3O3S/c1-7-2-4-8(6-7,5-3-7)15-16(13,14)9(10,11)12/h2-6H2,1H3. The van der Waals surface area contributed by atoms with Crippen LogP contribution < -0.4 is 0 Å². The first-order chi connectivity index (χ1) is 7.08. The minimum Gasteiger partial charge on any atom is -0.256 e. The average Bonchev–Trinajstić information content (AvgIpc) is 2.54. The number of hydrogen-bond donors (Lipinski definition) is 0. The number of halogens is 3. The highest BCUT2D eigenvalue weighted by atomic mass is 32.2. The SMILES string of the molecule is CC12CCC(OS(=O)(=O)C(F)(F)F)(CC1)C2. The Bertz CT molecular complexity index is 391. The second-order valence-corrected chi connectivity index (χ2v) is 6.69. The Morgan fingerprint density at radius 1 is 1.12 bits per heavy atom. The monoisotopic (exact) mass is 258 g/mol. The summed E-state index contributed by atoms with van der Waals surface area (Å²) in [5.74, 6) is 0. The third-order valence-corrected chi connectivity index (χ3v) is 4.83. The first-order valence-electron chi connectivity index (χ1n) is 5.10. The molecule has 0 unspecified atom stereocenters. The van der Waals surface area contributed by atoms with Crippen LogP contribution in [0.1, 0.15) is 39.0 Å². The lowest BCUT2D eigenvalue weighted by Gasteiger charge is -2.26. The van der Waals surface area contributed by atoms with Gasteiger partial charge in [0.15, 0.2) is 0 Å². The molecule has 0 saturated heterocycles. The third kappa shape index (κ3) is 1.84. The van der Waals surface area contributed by atoms with E-state index in [1.54, 1.807) is 0 Å². The largest absolute Gasteiger partial charge is 0.523 e. The van der Waals surface area contributed by atoms with Gasteiger partial charge in [0.25, 0.3) is 0 Å². The summed E-state index contributed by atoms with van der Waals surface area (Å²) >= 11 is 0. The van der Waals surface area contributed by atoms with E-state index in [0.717, 1.165) is 12.8 Å². The van der Waals surface area contributed by atoms with Crippen molar-refractivity contribution < 1.29 is 25.8 Å². The van der Waals surface area contributed by atoms with Crippen LogP contribution in [-0.2, 0) is 14.3 Å². The third-order valence-electron chi connectivity index (χ3n) is 3.69. The van der Waals surface area contributed by atoms with Gasteiger partial charge in [0.1, 0.15) is 0 Å². The first kappa shape index (κ1) is 12.2. The van der Waals surface area contributed by atoms with Gasteiger partial charge in [-0.25, -0.2) is 0 Å². The second kappa shape index (κ2) is 3.13. The Labute approximate surface area is 92.1 Å². The Morgan fingerprint density at radius 2 is 1.62 bits per heavy atom. The van der Waals surface area contributed by atoms with E-state index in [1.165, 1.54) is 0 Å². The second-order valence-electron chi connectivity index (χ2n) is 5.15. The van der Waals surface area contributed by atoms with Crippen LogP contribution in [-0.4, -0.2) is 19.5 Å². The molecule has 2 rings (SSSR count). The number of hydrogen-bond acceptors (Lipinski definition) is 3. The summed E-state index contributed by atoms with van der Waals surface area (Å²) in [6.07, 6.45) is 2.69. The van der Waals surface area contributed by atoms with Gasteiger partial charge in [-0.1, -0.05) is 6.92 Å². The first-order valence-corrected chi connectivity index (χ1v) is 6.50. The lowest BCUT2D eigenvalue weighted by molar-refractivity contribution is -0.0647. The molecule has 0 N–H and O–H groups in total. The molecule has 0 amide bonds. The minimum atomic E-state index is -5.45. The molecule has 3 nitrogen and oxygen atoms in total. The van der Waals surface area contributed by atoms with Crippen LogP contribution in [0.3, 0.4) is 0 Å². The van der Waals surface area contributed by atoms with Crippen LogP contribution in [0.15, 0.2) is 0 Å². The summed E-state index contributed by atoms with van der Waals surface area (Å²) < 4.78 is 62.9. The smallest absolute Gasteiger partial charge is 0.256 e. The lowest BCUT2D eigenvalue weighted by Crippen LogP contribution is -2.36. The molecule has 2 aliphatic rings. The maximum atomic E-state index is 12.2. The molecule has 0 aromatic heterocycles. The molecular weight excluding hydrogens is 245 g/mol. The van der Waals surface area contributed by atoms with E-state index in [0.29, 0.717) is 19.3 Å².